The van der Waals surface area contributed by atoms with E-state index < -0.39 is 0 Å². The van der Waals surface area contributed by atoms with Gasteiger partial charge in [-0.3, -0.25) is 0 Å². The van der Waals surface area contributed by atoms with Crippen LogP contribution in [0, 0.1) is 0 Å². The average molecular weight is 253 g/mol. The van der Waals surface area contributed by atoms with Crippen molar-refractivity contribution in [3.63, 3.8) is 0 Å². The Morgan fingerprint density at radius 3 is 2.43 bits per heavy atom. The first-order valence-corrected chi connectivity index (χ1v) is 5.58. The molecule has 4 heteroatoms. The van der Waals surface area contributed by atoms with Crippen molar-refractivity contribution in [1.82, 2.24) is 5.32 Å². The molecule has 0 unspecified atom stereocenters. The minimum absolute atomic E-state index is 0.183. The van der Waals surface area contributed by atoms with Crippen molar-refractivity contribution in [2.75, 3.05) is 6.54 Å². The summed E-state index contributed by atoms with van der Waals surface area (Å²) >= 11 is 17.8. The molecule has 0 fully saturated rings. The van der Waals surface area contributed by atoms with Gasteiger partial charge in [-0.25, -0.2) is 0 Å². The van der Waals surface area contributed by atoms with Gasteiger partial charge in [0.05, 0.1) is 15.1 Å². The number of rotatable bonds is 3. The first kappa shape index (κ1) is 12.1. The molecule has 1 nitrogen and oxygen atoms in total. The Labute approximate surface area is 99.4 Å². The molecule has 0 saturated heterocycles. The lowest BCUT2D eigenvalue weighted by Crippen LogP contribution is -2.18. The fourth-order valence-electron chi connectivity index (χ4n) is 1.29. The fourth-order valence-corrected chi connectivity index (χ4v) is 2.00. The van der Waals surface area contributed by atoms with Gasteiger partial charge in [-0.15, -0.1) is 0 Å². The Morgan fingerprint density at radius 2 is 1.86 bits per heavy atom. The molecule has 14 heavy (non-hydrogen) atoms. The van der Waals surface area contributed by atoms with Crippen molar-refractivity contribution in [1.29, 1.82) is 0 Å². The molecule has 0 spiro atoms. The summed E-state index contributed by atoms with van der Waals surface area (Å²) in [6.07, 6.45) is 0. The Hall–Kier alpha value is 0.0500. The van der Waals surface area contributed by atoms with E-state index in [1.807, 2.05) is 19.9 Å². The molecule has 78 valence electrons. The molecule has 0 amide bonds. The van der Waals surface area contributed by atoms with Crippen LogP contribution in [0.5, 0.6) is 0 Å². The first-order chi connectivity index (χ1) is 6.57. The van der Waals surface area contributed by atoms with E-state index in [2.05, 4.69) is 5.32 Å². The predicted molar refractivity (Wildman–Crippen MR) is 63.6 cm³/mol. The van der Waals surface area contributed by atoms with Gasteiger partial charge in [0.1, 0.15) is 0 Å². The second-order valence-electron chi connectivity index (χ2n) is 3.04. The second-order valence-corrected chi connectivity index (χ2v) is 4.21. The van der Waals surface area contributed by atoms with Crippen molar-refractivity contribution in [2.24, 2.45) is 0 Å². The molecule has 1 aromatic carbocycles. The highest BCUT2D eigenvalue weighted by Crippen LogP contribution is 2.35. The summed E-state index contributed by atoms with van der Waals surface area (Å²) in [4.78, 5) is 0. The zero-order valence-electron chi connectivity index (χ0n) is 8.07. The van der Waals surface area contributed by atoms with E-state index in [1.165, 1.54) is 0 Å². The van der Waals surface area contributed by atoms with E-state index in [0.29, 0.717) is 15.1 Å². The average Bonchev–Trinajstić information content (AvgIpc) is 2.15. The largest absolute Gasteiger partial charge is 0.310 e. The molecule has 0 bridgehead atoms. The predicted octanol–water partition coefficient (Wildman–Crippen LogP) is 4.32. The van der Waals surface area contributed by atoms with Crippen molar-refractivity contribution in [3.05, 3.63) is 32.8 Å². The molecule has 1 N–H and O–H groups in total. The molecule has 0 saturated carbocycles. The van der Waals surface area contributed by atoms with Gasteiger partial charge >= 0.3 is 0 Å². The van der Waals surface area contributed by atoms with Crippen LogP contribution >= 0.6 is 34.8 Å². The van der Waals surface area contributed by atoms with E-state index in [1.54, 1.807) is 6.07 Å². The maximum Gasteiger partial charge on any atom is 0.0781 e. The van der Waals surface area contributed by atoms with Crippen molar-refractivity contribution < 1.29 is 0 Å². The van der Waals surface area contributed by atoms with Gasteiger partial charge in [0.2, 0.25) is 0 Å². The normalized spacial score (nSPS) is 12.9. The molecular formula is C10H12Cl3N. The van der Waals surface area contributed by atoms with Crippen LogP contribution < -0.4 is 5.32 Å². The molecular weight excluding hydrogens is 240 g/mol. The van der Waals surface area contributed by atoms with Crippen LogP contribution in [0.1, 0.15) is 25.5 Å². The summed E-state index contributed by atoms with van der Waals surface area (Å²) in [5, 5.41) is 4.71. The van der Waals surface area contributed by atoms with E-state index in [-0.39, 0.29) is 6.04 Å². The number of hydrogen-bond donors (Lipinski definition) is 1. The standard InChI is InChI=1S/C10H12Cl3N/c1-3-14-6(2)7-4-5-8(11)10(13)9(7)12/h4-6,14H,3H2,1-2H3/t6-/m1/s1. The second kappa shape index (κ2) is 5.22. The van der Waals surface area contributed by atoms with Gasteiger partial charge in [0, 0.05) is 6.04 Å². The van der Waals surface area contributed by atoms with Crippen LogP contribution in [0.4, 0.5) is 0 Å². The van der Waals surface area contributed by atoms with Crippen molar-refractivity contribution in [3.8, 4) is 0 Å². The van der Waals surface area contributed by atoms with Crippen LogP contribution in [-0.2, 0) is 0 Å². The number of hydrogen-bond acceptors (Lipinski definition) is 1. The van der Waals surface area contributed by atoms with Crippen LogP contribution in [0.15, 0.2) is 12.1 Å². The van der Waals surface area contributed by atoms with Crippen LogP contribution in [0.25, 0.3) is 0 Å². The van der Waals surface area contributed by atoms with Crippen molar-refractivity contribution >= 4 is 34.8 Å². The van der Waals surface area contributed by atoms with Crippen LogP contribution in [0.2, 0.25) is 15.1 Å². The molecule has 0 aromatic heterocycles. The monoisotopic (exact) mass is 251 g/mol. The smallest absolute Gasteiger partial charge is 0.0781 e. The summed E-state index contributed by atoms with van der Waals surface area (Å²) in [6.45, 7) is 4.97. The minimum atomic E-state index is 0.183. The maximum absolute atomic E-state index is 6.07. The Morgan fingerprint density at radius 1 is 1.21 bits per heavy atom. The molecule has 1 rings (SSSR count). The van der Waals surface area contributed by atoms with E-state index in [9.17, 15) is 0 Å². The lowest BCUT2D eigenvalue weighted by Gasteiger charge is -2.15. The third kappa shape index (κ3) is 2.54. The molecule has 1 atom stereocenters. The summed E-state index contributed by atoms with van der Waals surface area (Å²) in [5.74, 6) is 0. The highest BCUT2D eigenvalue weighted by molar-refractivity contribution is 6.48. The molecule has 0 radical (unpaired) electrons. The van der Waals surface area contributed by atoms with E-state index >= 15 is 0 Å². The highest BCUT2D eigenvalue weighted by Gasteiger charge is 2.12. The van der Waals surface area contributed by atoms with Gasteiger partial charge < -0.3 is 5.32 Å². The molecule has 0 heterocycles. The zero-order valence-corrected chi connectivity index (χ0v) is 10.3. The number of benzene rings is 1. The SMILES string of the molecule is CCN[C@H](C)c1ccc(Cl)c(Cl)c1Cl. The van der Waals surface area contributed by atoms with Crippen molar-refractivity contribution in [2.45, 2.75) is 19.9 Å². The van der Waals surface area contributed by atoms with E-state index in [4.69, 9.17) is 34.8 Å². The lowest BCUT2D eigenvalue weighted by molar-refractivity contribution is 0.598. The Balaban J connectivity index is 3.04. The maximum atomic E-state index is 6.07. The third-order valence-electron chi connectivity index (χ3n) is 2.04. The van der Waals surface area contributed by atoms with Gasteiger partial charge in [0.25, 0.3) is 0 Å². The van der Waals surface area contributed by atoms with Gasteiger partial charge in [-0.05, 0) is 25.1 Å². The molecule has 1 aromatic rings. The lowest BCUT2D eigenvalue weighted by atomic mass is 10.1. The molecule has 0 aliphatic rings. The summed E-state index contributed by atoms with van der Waals surface area (Å²) in [6, 6.07) is 3.84. The van der Waals surface area contributed by atoms with Gasteiger partial charge in [-0.2, -0.15) is 0 Å². The van der Waals surface area contributed by atoms with Gasteiger partial charge in [0.15, 0.2) is 0 Å². The van der Waals surface area contributed by atoms with E-state index in [0.717, 1.165) is 12.1 Å². The minimum Gasteiger partial charge on any atom is -0.310 e. The van der Waals surface area contributed by atoms with Gasteiger partial charge in [-0.1, -0.05) is 47.8 Å². The summed E-state index contributed by atoms with van der Waals surface area (Å²) < 4.78 is 0. The summed E-state index contributed by atoms with van der Waals surface area (Å²) in [7, 11) is 0. The Bertz CT molecular complexity index is 325. The zero-order chi connectivity index (χ0) is 10.7. The fraction of sp³-hybridized carbons (Fsp3) is 0.400. The highest BCUT2D eigenvalue weighted by atomic mass is 35.5. The number of nitrogens with one attached hydrogen (secondary N) is 1. The first-order valence-electron chi connectivity index (χ1n) is 4.44. The molecule has 0 aliphatic carbocycles. The summed E-state index contributed by atoms with van der Waals surface area (Å²) in [5.41, 5.74) is 0.975. The number of halogens is 3. The third-order valence-corrected chi connectivity index (χ3v) is 3.35. The Kier molecular flexibility index (Phi) is 4.52. The topological polar surface area (TPSA) is 12.0 Å². The quantitative estimate of drug-likeness (QED) is 0.790. The van der Waals surface area contributed by atoms with Crippen LogP contribution in [-0.4, -0.2) is 6.54 Å². The van der Waals surface area contributed by atoms with Crippen LogP contribution in [0.3, 0.4) is 0 Å². The molecule has 0 aliphatic heterocycles.